The summed E-state index contributed by atoms with van der Waals surface area (Å²) in [5.74, 6) is 2.23. The number of phenolic OH excluding ortho intramolecular Hbond substituents is 2. The SMILES string of the molecule is COc1ccc(O)c(C2=NN3[C@H](C2)c2cccc(OC)c2O[C@H]3c2cccc(O)c2)c1. The van der Waals surface area contributed by atoms with E-state index >= 15 is 0 Å². The summed E-state index contributed by atoms with van der Waals surface area (Å²) < 4.78 is 17.2. The number of hydrazone groups is 1. The zero-order valence-electron chi connectivity index (χ0n) is 17.1. The monoisotopic (exact) mass is 418 g/mol. The molecule has 0 aromatic heterocycles. The van der Waals surface area contributed by atoms with E-state index in [0.717, 1.165) is 16.8 Å². The van der Waals surface area contributed by atoms with Crippen LogP contribution in [0.15, 0.2) is 65.8 Å². The highest BCUT2D eigenvalue weighted by atomic mass is 16.5. The van der Waals surface area contributed by atoms with Crippen LogP contribution in [0.25, 0.3) is 0 Å². The number of fused-ring (bicyclic) bond motifs is 3. The Kier molecular flexibility index (Phi) is 4.58. The molecule has 31 heavy (non-hydrogen) atoms. The highest BCUT2D eigenvalue weighted by Gasteiger charge is 2.42. The van der Waals surface area contributed by atoms with E-state index in [0.29, 0.717) is 29.2 Å². The Morgan fingerprint density at radius 2 is 1.84 bits per heavy atom. The Morgan fingerprint density at radius 1 is 1.00 bits per heavy atom. The molecule has 7 heteroatoms. The lowest BCUT2D eigenvalue weighted by molar-refractivity contribution is -0.0210. The third kappa shape index (κ3) is 3.18. The second kappa shape index (κ2) is 7.43. The van der Waals surface area contributed by atoms with Gasteiger partial charge in [0.1, 0.15) is 17.2 Å². The van der Waals surface area contributed by atoms with Crippen molar-refractivity contribution >= 4 is 5.71 Å². The first kappa shape index (κ1) is 19.1. The van der Waals surface area contributed by atoms with Crippen molar-refractivity contribution in [1.29, 1.82) is 0 Å². The van der Waals surface area contributed by atoms with Gasteiger partial charge in [-0.15, -0.1) is 0 Å². The van der Waals surface area contributed by atoms with E-state index in [9.17, 15) is 10.2 Å². The Morgan fingerprint density at radius 3 is 2.61 bits per heavy atom. The molecule has 0 saturated carbocycles. The number of hydrogen-bond acceptors (Lipinski definition) is 7. The maximum absolute atomic E-state index is 10.5. The van der Waals surface area contributed by atoms with Crippen molar-refractivity contribution in [3.05, 3.63) is 77.4 Å². The number of benzene rings is 3. The van der Waals surface area contributed by atoms with Crippen LogP contribution >= 0.6 is 0 Å². The second-order valence-electron chi connectivity index (χ2n) is 7.47. The summed E-state index contributed by atoms with van der Waals surface area (Å²) in [5, 5.41) is 27.2. The van der Waals surface area contributed by atoms with Crippen molar-refractivity contribution in [3.63, 3.8) is 0 Å². The highest BCUT2D eigenvalue weighted by molar-refractivity contribution is 6.04. The van der Waals surface area contributed by atoms with Crippen LogP contribution in [0.5, 0.6) is 28.7 Å². The molecule has 3 aromatic rings. The van der Waals surface area contributed by atoms with E-state index in [1.807, 2.05) is 29.3 Å². The first-order valence-corrected chi connectivity index (χ1v) is 9.94. The molecule has 0 aliphatic carbocycles. The van der Waals surface area contributed by atoms with Gasteiger partial charge in [0.2, 0.25) is 6.23 Å². The highest BCUT2D eigenvalue weighted by Crippen LogP contribution is 2.51. The lowest BCUT2D eigenvalue weighted by atomic mass is 9.95. The van der Waals surface area contributed by atoms with Crippen molar-refractivity contribution in [3.8, 4) is 28.7 Å². The fourth-order valence-corrected chi connectivity index (χ4v) is 4.18. The molecule has 0 unspecified atom stereocenters. The number of hydrogen-bond donors (Lipinski definition) is 2. The minimum Gasteiger partial charge on any atom is -0.508 e. The summed E-state index contributed by atoms with van der Waals surface area (Å²) in [7, 11) is 3.20. The maximum atomic E-state index is 10.5. The summed E-state index contributed by atoms with van der Waals surface area (Å²) in [6.07, 6.45) is 0.00527. The number of rotatable bonds is 4. The minimum atomic E-state index is -0.564. The minimum absolute atomic E-state index is 0.119. The Bertz CT molecular complexity index is 1180. The summed E-state index contributed by atoms with van der Waals surface area (Å²) in [4.78, 5) is 0. The zero-order chi connectivity index (χ0) is 21.5. The number of phenols is 2. The number of ether oxygens (including phenoxy) is 3. The van der Waals surface area contributed by atoms with Gasteiger partial charge in [0, 0.05) is 23.1 Å². The topological polar surface area (TPSA) is 83.8 Å². The first-order valence-electron chi connectivity index (χ1n) is 9.94. The third-order valence-electron chi connectivity index (χ3n) is 5.67. The smallest absolute Gasteiger partial charge is 0.214 e. The second-order valence-corrected chi connectivity index (χ2v) is 7.47. The van der Waals surface area contributed by atoms with Gasteiger partial charge in [-0.25, -0.2) is 5.01 Å². The number of aromatic hydroxyl groups is 2. The largest absolute Gasteiger partial charge is 0.508 e. The third-order valence-corrected chi connectivity index (χ3v) is 5.67. The van der Waals surface area contributed by atoms with Crippen LogP contribution in [0, 0.1) is 0 Å². The van der Waals surface area contributed by atoms with Crippen LogP contribution in [0.2, 0.25) is 0 Å². The Hall–Kier alpha value is -3.87. The molecule has 0 spiro atoms. The van der Waals surface area contributed by atoms with Crippen LogP contribution in [0.4, 0.5) is 0 Å². The zero-order valence-corrected chi connectivity index (χ0v) is 17.1. The van der Waals surface area contributed by atoms with Gasteiger partial charge in [0.25, 0.3) is 0 Å². The van der Waals surface area contributed by atoms with Gasteiger partial charge in [-0.2, -0.15) is 5.10 Å². The van der Waals surface area contributed by atoms with Crippen LogP contribution in [0.3, 0.4) is 0 Å². The molecule has 0 bridgehead atoms. The van der Waals surface area contributed by atoms with E-state index < -0.39 is 6.23 Å². The predicted octanol–water partition coefficient (Wildman–Crippen LogP) is 4.36. The molecule has 2 atom stereocenters. The molecule has 2 heterocycles. The van der Waals surface area contributed by atoms with Crippen molar-refractivity contribution in [2.45, 2.75) is 18.7 Å². The summed E-state index contributed by atoms with van der Waals surface area (Å²) in [6, 6.07) is 17.7. The fraction of sp³-hybridized carbons (Fsp3) is 0.208. The number of nitrogens with zero attached hydrogens (tertiary/aromatic N) is 2. The fourth-order valence-electron chi connectivity index (χ4n) is 4.18. The molecule has 7 nitrogen and oxygen atoms in total. The molecule has 3 aromatic carbocycles. The summed E-state index contributed by atoms with van der Waals surface area (Å²) in [5.41, 5.74) is 3.07. The lowest BCUT2D eigenvalue weighted by Crippen LogP contribution is -2.33. The number of methoxy groups -OCH3 is 2. The molecule has 0 saturated heterocycles. The molecule has 2 aliphatic heterocycles. The average molecular weight is 418 g/mol. The molecule has 0 radical (unpaired) electrons. The van der Waals surface area contributed by atoms with E-state index in [4.69, 9.17) is 19.3 Å². The molecular weight excluding hydrogens is 396 g/mol. The molecule has 2 N–H and O–H groups in total. The van der Waals surface area contributed by atoms with Gasteiger partial charge < -0.3 is 24.4 Å². The van der Waals surface area contributed by atoms with Crippen molar-refractivity contribution in [2.75, 3.05) is 14.2 Å². The van der Waals surface area contributed by atoms with Crippen molar-refractivity contribution in [2.24, 2.45) is 5.10 Å². The standard InChI is InChI=1S/C24H22N2O5/c1-29-16-9-10-21(28)18(12-16)19-13-20-17-7-4-8-22(30-2)23(17)31-24(26(20)25-19)14-5-3-6-15(27)11-14/h3-12,20,24,27-28H,13H2,1-2H3/t20-,24+/m1/s1. The molecule has 158 valence electrons. The van der Waals surface area contributed by atoms with Gasteiger partial charge >= 0.3 is 0 Å². The van der Waals surface area contributed by atoms with E-state index in [2.05, 4.69) is 0 Å². The average Bonchev–Trinajstić information content (AvgIpc) is 3.24. The van der Waals surface area contributed by atoms with Gasteiger partial charge in [-0.05, 0) is 36.4 Å². The maximum Gasteiger partial charge on any atom is 0.214 e. The van der Waals surface area contributed by atoms with Crippen molar-refractivity contribution < 1.29 is 24.4 Å². The molecule has 0 fully saturated rings. The van der Waals surface area contributed by atoms with E-state index in [1.165, 1.54) is 0 Å². The van der Waals surface area contributed by atoms with Gasteiger partial charge in [-0.1, -0.05) is 24.3 Å². The van der Waals surface area contributed by atoms with Gasteiger partial charge in [0.15, 0.2) is 11.5 Å². The van der Waals surface area contributed by atoms with Crippen LogP contribution in [-0.4, -0.2) is 35.2 Å². The normalized spacial score (nSPS) is 19.2. The number of para-hydroxylation sites is 1. The molecule has 5 rings (SSSR count). The predicted molar refractivity (Wildman–Crippen MR) is 115 cm³/mol. The van der Waals surface area contributed by atoms with Gasteiger partial charge in [-0.3, -0.25) is 0 Å². The van der Waals surface area contributed by atoms with Crippen LogP contribution < -0.4 is 14.2 Å². The van der Waals surface area contributed by atoms with Crippen LogP contribution in [0.1, 0.15) is 35.4 Å². The van der Waals surface area contributed by atoms with E-state index in [1.54, 1.807) is 50.6 Å². The summed E-state index contributed by atoms with van der Waals surface area (Å²) >= 11 is 0. The Balaban J connectivity index is 1.64. The first-order chi connectivity index (χ1) is 15.1. The van der Waals surface area contributed by atoms with Crippen LogP contribution in [-0.2, 0) is 0 Å². The Labute approximate surface area is 179 Å². The van der Waals surface area contributed by atoms with Crippen molar-refractivity contribution in [1.82, 2.24) is 5.01 Å². The van der Waals surface area contributed by atoms with E-state index in [-0.39, 0.29) is 17.5 Å². The summed E-state index contributed by atoms with van der Waals surface area (Å²) in [6.45, 7) is 0. The quantitative estimate of drug-likeness (QED) is 0.655. The molecule has 2 aliphatic rings. The van der Waals surface area contributed by atoms with Gasteiger partial charge in [0.05, 0.1) is 26.0 Å². The molecule has 0 amide bonds. The lowest BCUT2D eigenvalue weighted by Gasteiger charge is -2.38. The molecular formula is C24H22N2O5.